The molecule has 0 aliphatic carbocycles. The van der Waals surface area contributed by atoms with Crippen LogP contribution in [0, 0.1) is 0 Å². The average molecular weight is 553 g/mol. The molecule has 1 aliphatic heterocycles. The molecule has 0 atom stereocenters. The van der Waals surface area contributed by atoms with Crippen LogP contribution in [0.15, 0.2) is 24.3 Å². The molecule has 1 aliphatic rings. The van der Waals surface area contributed by atoms with Crippen molar-refractivity contribution in [1.82, 2.24) is 15.1 Å². The van der Waals surface area contributed by atoms with Crippen LogP contribution in [0.2, 0.25) is 0 Å². The quantitative estimate of drug-likeness (QED) is 0.231. The number of nitrogens with one attached hydrogen (secondary N) is 1. The molecular formula is C22H30F3N3O10. The summed E-state index contributed by atoms with van der Waals surface area (Å²) in [5.41, 5.74) is -0.704. The Morgan fingerprint density at radius 1 is 0.921 bits per heavy atom. The summed E-state index contributed by atoms with van der Waals surface area (Å²) >= 11 is 0. The van der Waals surface area contributed by atoms with Gasteiger partial charge in [0.15, 0.2) is 0 Å². The second kappa shape index (κ2) is 16.6. The Hall–Kier alpha value is -4.08. The van der Waals surface area contributed by atoms with Crippen LogP contribution < -0.4 is 10.1 Å². The van der Waals surface area contributed by atoms with Crippen LogP contribution in [0.5, 0.6) is 5.75 Å². The molecule has 1 heterocycles. The van der Waals surface area contributed by atoms with E-state index in [1.165, 1.54) is 12.1 Å². The Kier molecular flexibility index (Phi) is 14.8. The number of nitrogens with zero attached hydrogens (tertiary/aromatic N) is 2. The minimum Gasteiger partial charge on any atom is -0.487 e. The summed E-state index contributed by atoms with van der Waals surface area (Å²) in [7, 11) is 0. The Bertz CT molecular complexity index is 884. The molecule has 1 saturated heterocycles. The van der Waals surface area contributed by atoms with Gasteiger partial charge < -0.3 is 40.3 Å². The Morgan fingerprint density at radius 3 is 1.74 bits per heavy atom. The van der Waals surface area contributed by atoms with E-state index in [1.807, 2.05) is 0 Å². The van der Waals surface area contributed by atoms with Crippen molar-refractivity contribution in [3.05, 3.63) is 29.8 Å². The van der Waals surface area contributed by atoms with Gasteiger partial charge in [-0.1, -0.05) is 13.8 Å². The van der Waals surface area contributed by atoms with Crippen LogP contribution in [-0.2, 0) is 25.4 Å². The molecule has 38 heavy (non-hydrogen) atoms. The number of rotatable bonds is 8. The van der Waals surface area contributed by atoms with Gasteiger partial charge in [-0.15, -0.1) is 0 Å². The van der Waals surface area contributed by atoms with Crippen LogP contribution in [0.4, 0.5) is 18.0 Å². The molecule has 1 aromatic carbocycles. The van der Waals surface area contributed by atoms with E-state index in [4.69, 9.17) is 44.3 Å². The maximum Gasteiger partial charge on any atom is 0.416 e. The van der Waals surface area contributed by atoms with Gasteiger partial charge in [0, 0.05) is 6.54 Å². The van der Waals surface area contributed by atoms with Gasteiger partial charge >= 0.3 is 36.1 Å². The zero-order valence-corrected chi connectivity index (χ0v) is 20.6. The summed E-state index contributed by atoms with van der Waals surface area (Å²) in [6, 6.07) is 4.47. The van der Waals surface area contributed by atoms with Crippen LogP contribution in [0.3, 0.4) is 0 Å². The highest BCUT2D eigenvalue weighted by atomic mass is 19.4. The predicted octanol–water partition coefficient (Wildman–Crippen LogP) is 1.52. The number of benzene rings is 1. The van der Waals surface area contributed by atoms with Crippen LogP contribution >= 0.6 is 0 Å². The number of carbonyl (C=O) groups is 5. The SMILES string of the molecule is CCN(CC)CCCNC(=O)N1CC(Oc2ccc(C(F)(F)F)cc2)C1.O=C(O)C(=O)O.O=C(O)C(=O)O. The van der Waals surface area contributed by atoms with E-state index in [9.17, 15) is 18.0 Å². The van der Waals surface area contributed by atoms with Crippen molar-refractivity contribution in [2.24, 2.45) is 0 Å². The molecule has 0 spiro atoms. The number of carboxylic acids is 4. The lowest BCUT2D eigenvalue weighted by Gasteiger charge is -2.38. The van der Waals surface area contributed by atoms with Gasteiger partial charge in [0.05, 0.1) is 18.7 Å². The second-order valence-electron chi connectivity index (χ2n) is 7.50. The van der Waals surface area contributed by atoms with Gasteiger partial charge in [-0.3, -0.25) is 0 Å². The Morgan fingerprint density at radius 2 is 1.37 bits per heavy atom. The van der Waals surface area contributed by atoms with Crippen LogP contribution in [0.25, 0.3) is 0 Å². The molecule has 214 valence electrons. The van der Waals surface area contributed by atoms with Crippen molar-refractivity contribution in [2.75, 3.05) is 39.3 Å². The van der Waals surface area contributed by atoms with Crippen molar-refractivity contribution < 1.29 is 62.3 Å². The van der Waals surface area contributed by atoms with Crippen molar-refractivity contribution in [2.45, 2.75) is 32.5 Å². The average Bonchev–Trinajstić information content (AvgIpc) is 2.81. The number of likely N-dealkylation sites (tertiary alicyclic amines) is 1. The number of halogens is 3. The van der Waals surface area contributed by atoms with Crippen molar-refractivity contribution in [3.8, 4) is 5.75 Å². The predicted molar refractivity (Wildman–Crippen MR) is 124 cm³/mol. The van der Waals surface area contributed by atoms with E-state index in [0.29, 0.717) is 25.4 Å². The summed E-state index contributed by atoms with van der Waals surface area (Å²) < 4.78 is 43.1. The molecular weight excluding hydrogens is 523 g/mol. The topological polar surface area (TPSA) is 194 Å². The van der Waals surface area contributed by atoms with Crippen molar-refractivity contribution in [1.29, 1.82) is 0 Å². The highest BCUT2D eigenvalue weighted by Crippen LogP contribution is 2.30. The number of hydrogen-bond acceptors (Lipinski definition) is 7. The second-order valence-corrected chi connectivity index (χ2v) is 7.50. The van der Waals surface area contributed by atoms with Crippen molar-refractivity contribution in [3.63, 3.8) is 0 Å². The van der Waals surface area contributed by atoms with Gasteiger partial charge in [0.25, 0.3) is 0 Å². The van der Waals surface area contributed by atoms with E-state index in [1.54, 1.807) is 4.90 Å². The first kappa shape index (κ1) is 33.9. The van der Waals surface area contributed by atoms with Gasteiger partial charge in [0.2, 0.25) is 0 Å². The molecule has 1 fully saturated rings. The van der Waals surface area contributed by atoms with Gasteiger partial charge in [-0.05, 0) is 50.3 Å². The zero-order valence-electron chi connectivity index (χ0n) is 20.6. The number of urea groups is 1. The number of aliphatic carboxylic acids is 4. The molecule has 0 saturated carbocycles. The Balaban J connectivity index is 0.000000948. The first-order valence-corrected chi connectivity index (χ1v) is 11.1. The third-order valence-electron chi connectivity index (χ3n) is 4.81. The highest BCUT2D eigenvalue weighted by molar-refractivity contribution is 6.27. The molecule has 2 amide bonds. The summed E-state index contributed by atoms with van der Waals surface area (Å²) in [5, 5.41) is 32.4. The molecule has 0 radical (unpaired) electrons. The first-order chi connectivity index (χ1) is 17.6. The summed E-state index contributed by atoms with van der Waals surface area (Å²) in [6.07, 6.45) is -3.64. The molecule has 13 nitrogen and oxygen atoms in total. The lowest BCUT2D eigenvalue weighted by molar-refractivity contribution is -0.159. The molecule has 1 aromatic rings. The van der Waals surface area contributed by atoms with E-state index >= 15 is 0 Å². The standard InChI is InChI=1S/C18H26F3N3O2.2C2H2O4/c1-3-23(4-2)11-5-10-22-17(25)24-12-16(13-24)26-15-8-6-14(7-9-15)18(19,20)21;2*3-1(4)2(5)6/h6-9,16H,3-5,10-13H2,1-2H3,(H,22,25);2*(H,3,4)(H,5,6). The van der Waals surface area contributed by atoms with Crippen LogP contribution in [-0.4, -0.2) is 106 Å². The largest absolute Gasteiger partial charge is 0.487 e. The van der Waals surface area contributed by atoms with Crippen molar-refractivity contribution >= 4 is 29.9 Å². The van der Waals surface area contributed by atoms with E-state index in [2.05, 4.69) is 24.1 Å². The van der Waals surface area contributed by atoms with Gasteiger partial charge in [-0.2, -0.15) is 13.2 Å². The fourth-order valence-corrected chi connectivity index (χ4v) is 2.74. The maximum atomic E-state index is 12.5. The number of carboxylic acid groups (broad SMARTS) is 4. The number of alkyl halides is 3. The molecule has 0 unspecified atom stereocenters. The van der Waals surface area contributed by atoms with Gasteiger partial charge in [-0.25, -0.2) is 24.0 Å². The molecule has 0 aromatic heterocycles. The monoisotopic (exact) mass is 553 g/mol. The first-order valence-electron chi connectivity index (χ1n) is 11.1. The maximum absolute atomic E-state index is 12.5. The molecule has 16 heteroatoms. The summed E-state index contributed by atoms with van der Waals surface area (Å²) in [4.78, 5) is 52.3. The fraction of sp³-hybridized carbons (Fsp3) is 0.500. The lowest BCUT2D eigenvalue weighted by atomic mass is 10.1. The third-order valence-corrected chi connectivity index (χ3v) is 4.81. The zero-order chi connectivity index (χ0) is 29.5. The number of ether oxygens (including phenoxy) is 1. The number of amides is 2. The molecule has 5 N–H and O–H groups in total. The Labute approximate surface area is 215 Å². The van der Waals surface area contributed by atoms with E-state index in [-0.39, 0.29) is 12.1 Å². The van der Waals surface area contributed by atoms with E-state index in [0.717, 1.165) is 38.2 Å². The molecule has 2 rings (SSSR count). The minimum atomic E-state index is -4.35. The fourth-order valence-electron chi connectivity index (χ4n) is 2.74. The smallest absolute Gasteiger partial charge is 0.416 e. The van der Waals surface area contributed by atoms with Gasteiger partial charge in [0.1, 0.15) is 11.9 Å². The number of hydrogen-bond donors (Lipinski definition) is 5. The lowest BCUT2D eigenvalue weighted by Crippen LogP contribution is -2.59. The molecule has 0 bridgehead atoms. The number of carbonyl (C=O) groups excluding carboxylic acids is 1. The van der Waals surface area contributed by atoms with Crippen LogP contribution in [0.1, 0.15) is 25.8 Å². The normalized spacial score (nSPS) is 12.6. The van der Waals surface area contributed by atoms with E-state index < -0.39 is 35.6 Å². The summed E-state index contributed by atoms with van der Waals surface area (Å²) in [6.45, 7) is 8.66. The third kappa shape index (κ3) is 13.9. The summed E-state index contributed by atoms with van der Waals surface area (Å²) in [5.74, 6) is -6.92. The minimum absolute atomic E-state index is 0.128. The highest BCUT2D eigenvalue weighted by Gasteiger charge is 2.33.